The molecule has 49 heavy (non-hydrogen) atoms. The lowest BCUT2D eigenvalue weighted by Gasteiger charge is -2.17. The van der Waals surface area contributed by atoms with Crippen molar-refractivity contribution in [1.29, 1.82) is 0 Å². The van der Waals surface area contributed by atoms with Gasteiger partial charge >= 0.3 is 0 Å². The number of carbonyl (C=O) groups is 4. The summed E-state index contributed by atoms with van der Waals surface area (Å²) in [5.74, 6) is -1.84. The van der Waals surface area contributed by atoms with Crippen LogP contribution in [-0.4, -0.2) is 56.1 Å². The van der Waals surface area contributed by atoms with Gasteiger partial charge in [0.2, 0.25) is 23.6 Å². The minimum atomic E-state index is -1.40. The summed E-state index contributed by atoms with van der Waals surface area (Å²) in [5, 5.41) is 39.2. The first kappa shape index (κ1) is 34.2. The molecule has 0 unspecified atom stereocenters. The first-order valence-corrected chi connectivity index (χ1v) is 15.3. The molecule has 1 heterocycles. The highest BCUT2D eigenvalue weighted by Crippen LogP contribution is 2.26. The van der Waals surface area contributed by atoms with Crippen molar-refractivity contribution in [3.63, 3.8) is 0 Å². The molecule has 0 aliphatic carbocycles. The molecule has 0 aliphatic rings. The Morgan fingerprint density at radius 3 is 1.22 bits per heavy atom. The third-order valence-electron chi connectivity index (χ3n) is 7.46. The van der Waals surface area contributed by atoms with Crippen molar-refractivity contribution in [2.24, 2.45) is 0 Å². The Bertz CT molecular complexity index is 1760. The minimum absolute atomic E-state index is 0.239. The third kappa shape index (κ3) is 8.80. The predicted octanol–water partition coefficient (Wildman–Crippen LogP) is 3.76. The van der Waals surface area contributed by atoms with E-state index in [9.17, 15) is 29.4 Å². The minimum Gasteiger partial charge on any atom is -0.416 e. The summed E-state index contributed by atoms with van der Waals surface area (Å²) in [6.45, 7) is 3.03. The Hall–Kier alpha value is -6.18. The van der Waals surface area contributed by atoms with E-state index in [4.69, 9.17) is 4.42 Å². The van der Waals surface area contributed by atoms with Crippen LogP contribution in [0.15, 0.2) is 114 Å². The smallest absolute Gasteiger partial charge is 0.254 e. The third-order valence-corrected chi connectivity index (χ3v) is 7.46. The van der Waals surface area contributed by atoms with Gasteiger partial charge in [0.15, 0.2) is 12.2 Å². The molecule has 0 aliphatic heterocycles. The fraction of sp³-hybridized carbons (Fsp3) is 0.167. The van der Waals surface area contributed by atoms with Crippen LogP contribution in [0.2, 0.25) is 0 Å². The molecule has 5 aromatic rings. The van der Waals surface area contributed by atoms with E-state index in [0.29, 0.717) is 33.6 Å². The van der Waals surface area contributed by atoms with Crippen LogP contribution in [0.1, 0.15) is 37.2 Å². The monoisotopic (exact) mass is 662 g/mol. The Morgan fingerprint density at radius 2 is 0.878 bits per heavy atom. The van der Waals surface area contributed by atoms with Crippen molar-refractivity contribution in [1.82, 2.24) is 20.8 Å². The molecule has 4 atom stereocenters. The number of carbonyl (C=O) groups excluding carboxylic acids is 4. The van der Waals surface area contributed by atoms with Gasteiger partial charge in [0.1, 0.15) is 12.1 Å². The number of anilines is 2. The lowest BCUT2D eigenvalue weighted by atomic mass is 10.1. The lowest BCUT2D eigenvalue weighted by molar-refractivity contribution is -0.132. The SMILES string of the molecule is C[C@H](NC(=O)[C@@H](O)c1ccccc1)C(=O)Nc1ccc(-c2nnc(-c3ccc(NC(=O)[C@H](C)NC(=O)[C@@H](O)c4ccccc4)cc3)o2)cc1. The van der Waals surface area contributed by atoms with Crippen molar-refractivity contribution in [3.8, 4) is 22.9 Å². The number of aromatic nitrogens is 2. The number of amides is 4. The predicted molar refractivity (Wildman–Crippen MR) is 180 cm³/mol. The van der Waals surface area contributed by atoms with Crippen LogP contribution < -0.4 is 21.3 Å². The summed E-state index contributed by atoms with van der Waals surface area (Å²) < 4.78 is 5.84. The zero-order valence-corrected chi connectivity index (χ0v) is 26.5. The number of benzene rings is 4. The molecule has 250 valence electrons. The topological polar surface area (TPSA) is 196 Å². The Kier molecular flexibility index (Phi) is 10.9. The van der Waals surface area contributed by atoms with Gasteiger partial charge in [-0.3, -0.25) is 19.2 Å². The average molecular weight is 663 g/mol. The maximum absolute atomic E-state index is 12.7. The van der Waals surface area contributed by atoms with E-state index in [2.05, 4.69) is 31.5 Å². The highest BCUT2D eigenvalue weighted by molar-refractivity contribution is 5.98. The molecule has 6 N–H and O–H groups in total. The molecule has 13 heteroatoms. The van der Waals surface area contributed by atoms with Crippen LogP contribution in [0.3, 0.4) is 0 Å². The van der Waals surface area contributed by atoms with E-state index in [1.807, 2.05) is 0 Å². The molecule has 5 rings (SSSR count). The first-order valence-electron chi connectivity index (χ1n) is 15.3. The van der Waals surface area contributed by atoms with Crippen molar-refractivity contribution in [2.75, 3.05) is 10.6 Å². The highest BCUT2D eigenvalue weighted by Gasteiger charge is 2.24. The van der Waals surface area contributed by atoms with Gasteiger partial charge in [0.05, 0.1) is 0 Å². The summed E-state index contributed by atoms with van der Waals surface area (Å²) in [4.78, 5) is 50.1. The van der Waals surface area contributed by atoms with Crippen molar-refractivity contribution in [2.45, 2.75) is 38.1 Å². The number of rotatable bonds is 12. The standard InChI is InChI=1S/C36H34N6O7/c1-21(37-33(47)29(43)23-9-5-3-6-10-23)31(45)39-27-17-13-25(14-18-27)35-41-42-36(49-35)26-15-19-28(20-16-26)40-32(46)22(2)38-34(48)30(44)24-11-7-4-8-12-24/h3-22,29-30,43-44H,1-2H3,(H,37,47)(H,38,48)(H,39,45)(H,40,46)/t21-,22-,29-,30-/m0/s1. The van der Waals surface area contributed by atoms with E-state index in [1.54, 1.807) is 109 Å². The van der Waals surface area contributed by atoms with Crippen LogP contribution in [0.5, 0.6) is 0 Å². The number of aliphatic hydroxyl groups excluding tert-OH is 2. The van der Waals surface area contributed by atoms with Gasteiger partial charge in [0, 0.05) is 22.5 Å². The van der Waals surface area contributed by atoms with Crippen LogP contribution in [0.25, 0.3) is 22.9 Å². The molecule has 0 bridgehead atoms. The summed E-state index contributed by atoms with van der Waals surface area (Å²) in [5.41, 5.74) is 2.98. The number of hydrogen-bond donors (Lipinski definition) is 6. The molecule has 4 aromatic carbocycles. The number of aliphatic hydroxyl groups is 2. The Balaban J connectivity index is 1.12. The van der Waals surface area contributed by atoms with Crippen molar-refractivity contribution in [3.05, 3.63) is 120 Å². The molecule has 0 spiro atoms. The molecule has 0 radical (unpaired) electrons. The molecule has 4 amide bonds. The molecular formula is C36H34N6O7. The molecule has 1 aromatic heterocycles. The van der Waals surface area contributed by atoms with Gasteiger partial charge in [0.25, 0.3) is 11.8 Å². The average Bonchev–Trinajstić information content (AvgIpc) is 3.62. The second-order valence-electron chi connectivity index (χ2n) is 11.1. The van der Waals surface area contributed by atoms with Gasteiger partial charge in [-0.05, 0) is 73.5 Å². The van der Waals surface area contributed by atoms with Gasteiger partial charge in [-0.25, -0.2) is 0 Å². The second kappa shape index (κ2) is 15.6. The fourth-order valence-corrected chi connectivity index (χ4v) is 4.64. The quantitative estimate of drug-likeness (QED) is 0.115. The normalized spacial score (nSPS) is 13.3. The Labute approximate surface area is 281 Å². The zero-order valence-electron chi connectivity index (χ0n) is 26.5. The molecular weight excluding hydrogens is 628 g/mol. The van der Waals surface area contributed by atoms with Crippen LogP contribution >= 0.6 is 0 Å². The molecule has 0 fully saturated rings. The van der Waals surface area contributed by atoms with Crippen molar-refractivity contribution >= 4 is 35.0 Å². The maximum atomic E-state index is 12.7. The second-order valence-corrected chi connectivity index (χ2v) is 11.1. The van der Waals surface area contributed by atoms with E-state index in [-0.39, 0.29) is 11.8 Å². The summed E-state index contributed by atoms with van der Waals surface area (Å²) in [7, 11) is 0. The Morgan fingerprint density at radius 1 is 0.531 bits per heavy atom. The first-order chi connectivity index (χ1) is 23.6. The number of nitrogens with one attached hydrogen (secondary N) is 4. The van der Waals surface area contributed by atoms with Gasteiger partial charge in [-0.1, -0.05) is 60.7 Å². The van der Waals surface area contributed by atoms with Gasteiger partial charge < -0.3 is 35.9 Å². The maximum Gasteiger partial charge on any atom is 0.254 e. The van der Waals surface area contributed by atoms with Crippen molar-refractivity contribution < 1.29 is 33.8 Å². The lowest BCUT2D eigenvalue weighted by Crippen LogP contribution is -2.43. The van der Waals surface area contributed by atoms with Gasteiger partial charge in [-0.15, -0.1) is 10.2 Å². The molecule has 13 nitrogen and oxygen atoms in total. The highest BCUT2D eigenvalue weighted by atomic mass is 16.4. The van der Waals surface area contributed by atoms with E-state index in [1.165, 1.54) is 13.8 Å². The van der Waals surface area contributed by atoms with E-state index in [0.717, 1.165) is 0 Å². The number of hydrogen-bond acceptors (Lipinski definition) is 9. The fourth-order valence-electron chi connectivity index (χ4n) is 4.64. The van der Waals surface area contributed by atoms with Crippen LogP contribution in [-0.2, 0) is 19.2 Å². The van der Waals surface area contributed by atoms with E-state index < -0.39 is 47.9 Å². The van der Waals surface area contributed by atoms with E-state index >= 15 is 0 Å². The number of nitrogens with zero attached hydrogens (tertiary/aromatic N) is 2. The molecule has 0 saturated heterocycles. The zero-order chi connectivity index (χ0) is 34.9. The summed E-state index contributed by atoms with van der Waals surface area (Å²) in [6.07, 6.45) is -2.80. The molecule has 0 saturated carbocycles. The van der Waals surface area contributed by atoms with Crippen LogP contribution in [0, 0.1) is 0 Å². The largest absolute Gasteiger partial charge is 0.416 e. The summed E-state index contributed by atoms with van der Waals surface area (Å²) in [6, 6.07) is 28.4. The van der Waals surface area contributed by atoms with Gasteiger partial charge in [-0.2, -0.15) is 0 Å². The van der Waals surface area contributed by atoms with Crippen LogP contribution in [0.4, 0.5) is 11.4 Å². The summed E-state index contributed by atoms with van der Waals surface area (Å²) >= 11 is 0.